The molecule has 1 heterocycles. The number of fused-ring (bicyclic) bond motifs is 1. The average Bonchev–Trinajstić information content (AvgIpc) is 2.79. The van der Waals surface area contributed by atoms with Crippen LogP contribution in [0.5, 0.6) is 0 Å². The topological polar surface area (TPSA) is 68.0 Å². The largest absolute Gasteiger partial charge is 0.478 e. The zero-order valence-corrected chi connectivity index (χ0v) is 10.6. The van der Waals surface area contributed by atoms with Gasteiger partial charge >= 0.3 is 5.97 Å². The van der Waals surface area contributed by atoms with Crippen LogP contribution in [0.1, 0.15) is 49.5 Å². The Morgan fingerprint density at radius 2 is 2.22 bits per heavy atom. The Morgan fingerprint density at radius 3 is 2.83 bits per heavy atom. The van der Waals surface area contributed by atoms with E-state index in [9.17, 15) is 4.79 Å². The molecule has 1 aromatic carbocycles. The van der Waals surface area contributed by atoms with Gasteiger partial charge in [-0.05, 0) is 25.0 Å². The monoisotopic (exact) mass is 247 g/mol. The van der Waals surface area contributed by atoms with E-state index in [-0.39, 0.29) is 11.6 Å². The highest BCUT2D eigenvalue weighted by Crippen LogP contribution is 2.23. The third-order valence-corrected chi connectivity index (χ3v) is 3.17. The normalized spacial score (nSPS) is 12.8. The van der Waals surface area contributed by atoms with Crippen LogP contribution in [0.15, 0.2) is 18.2 Å². The minimum absolute atomic E-state index is 0.213. The number of aromatic carboxylic acids is 1. The highest BCUT2D eigenvalue weighted by atomic mass is 16.4. The van der Waals surface area contributed by atoms with E-state index in [1.54, 1.807) is 12.1 Å². The molecule has 1 N–H and O–H groups in total. The lowest BCUT2D eigenvalue weighted by Gasteiger charge is -2.14. The van der Waals surface area contributed by atoms with Gasteiger partial charge in [-0.15, -0.1) is 5.10 Å². The quantitative estimate of drug-likeness (QED) is 0.882. The van der Waals surface area contributed by atoms with Gasteiger partial charge in [0.05, 0.1) is 17.1 Å². The first kappa shape index (κ1) is 12.5. The number of benzene rings is 1. The van der Waals surface area contributed by atoms with Crippen molar-refractivity contribution < 1.29 is 9.90 Å². The lowest BCUT2D eigenvalue weighted by atomic mass is 10.1. The van der Waals surface area contributed by atoms with E-state index in [0.717, 1.165) is 24.8 Å². The summed E-state index contributed by atoms with van der Waals surface area (Å²) in [5, 5.41) is 17.3. The summed E-state index contributed by atoms with van der Waals surface area (Å²) in [5.41, 5.74) is 1.49. The van der Waals surface area contributed by atoms with Gasteiger partial charge < -0.3 is 5.11 Å². The van der Waals surface area contributed by atoms with Crippen molar-refractivity contribution in [3.63, 3.8) is 0 Å². The Kier molecular flexibility index (Phi) is 3.60. The van der Waals surface area contributed by atoms with E-state index in [1.807, 2.05) is 10.7 Å². The fourth-order valence-corrected chi connectivity index (χ4v) is 2.24. The van der Waals surface area contributed by atoms with Crippen molar-refractivity contribution in [1.29, 1.82) is 0 Å². The van der Waals surface area contributed by atoms with Crippen LogP contribution in [-0.4, -0.2) is 26.1 Å². The second kappa shape index (κ2) is 5.16. The van der Waals surface area contributed by atoms with Crippen molar-refractivity contribution in [3.05, 3.63) is 23.8 Å². The molecule has 1 atom stereocenters. The SMILES string of the molecule is CCCC(CC)n1nnc2c(C(=O)O)cccc21. The third-order valence-electron chi connectivity index (χ3n) is 3.17. The van der Waals surface area contributed by atoms with Gasteiger partial charge in [0.15, 0.2) is 0 Å². The maximum atomic E-state index is 11.1. The smallest absolute Gasteiger partial charge is 0.338 e. The second-order valence-electron chi connectivity index (χ2n) is 4.36. The maximum absolute atomic E-state index is 11.1. The first-order chi connectivity index (χ1) is 8.69. The van der Waals surface area contributed by atoms with E-state index in [2.05, 4.69) is 24.2 Å². The Morgan fingerprint density at radius 1 is 1.44 bits per heavy atom. The number of hydrogen-bond acceptors (Lipinski definition) is 3. The highest BCUT2D eigenvalue weighted by Gasteiger charge is 2.17. The zero-order valence-electron chi connectivity index (χ0n) is 10.6. The van der Waals surface area contributed by atoms with Crippen LogP contribution in [-0.2, 0) is 0 Å². The van der Waals surface area contributed by atoms with E-state index in [1.165, 1.54) is 0 Å². The van der Waals surface area contributed by atoms with Crippen molar-refractivity contribution in [1.82, 2.24) is 15.0 Å². The predicted octanol–water partition coefficient (Wildman–Crippen LogP) is 2.88. The average molecular weight is 247 g/mol. The van der Waals surface area contributed by atoms with Gasteiger partial charge in [0.1, 0.15) is 5.52 Å². The Labute approximate surface area is 105 Å². The molecule has 1 aromatic heterocycles. The van der Waals surface area contributed by atoms with Gasteiger partial charge in [-0.2, -0.15) is 0 Å². The van der Waals surface area contributed by atoms with Crippen molar-refractivity contribution in [3.8, 4) is 0 Å². The Bertz CT molecular complexity index is 562. The number of hydrogen-bond donors (Lipinski definition) is 1. The van der Waals surface area contributed by atoms with E-state index < -0.39 is 5.97 Å². The number of nitrogens with zero attached hydrogens (tertiary/aromatic N) is 3. The molecular formula is C13H17N3O2. The molecule has 2 rings (SSSR count). The first-order valence-corrected chi connectivity index (χ1v) is 6.26. The molecule has 0 aliphatic heterocycles. The molecule has 2 aromatic rings. The minimum atomic E-state index is -0.962. The number of carboxylic acid groups (broad SMARTS) is 1. The van der Waals surface area contributed by atoms with Crippen LogP contribution < -0.4 is 0 Å². The van der Waals surface area contributed by atoms with Gasteiger partial charge in [-0.3, -0.25) is 0 Å². The van der Waals surface area contributed by atoms with Crippen LogP contribution in [0.2, 0.25) is 0 Å². The predicted molar refractivity (Wildman–Crippen MR) is 68.7 cm³/mol. The van der Waals surface area contributed by atoms with Gasteiger partial charge in [-0.25, -0.2) is 9.48 Å². The Hall–Kier alpha value is -1.91. The van der Waals surface area contributed by atoms with Gasteiger partial charge in [0.25, 0.3) is 0 Å². The third kappa shape index (κ3) is 2.08. The van der Waals surface area contributed by atoms with Crippen LogP contribution in [0, 0.1) is 0 Å². The first-order valence-electron chi connectivity index (χ1n) is 6.26. The van der Waals surface area contributed by atoms with Crippen LogP contribution in [0.3, 0.4) is 0 Å². The zero-order chi connectivity index (χ0) is 13.1. The summed E-state index contributed by atoms with van der Waals surface area (Å²) in [6.45, 7) is 4.24. The number of carbonyl (C=O) groups is 1. The van der Waals surface area contributed by atoms with Crippen molar-refractivity contribution in [2.45, 2.75) is 39.2 Å². The van der Waals surface area contributed by atoms with Gasteiger partial charge in [0, 0.05) is 0 Å². The molecule has 0 bridgehead atoms. The highest BCUT2D eigenvalue weighted by molar-refractivity contribution is 6.00. The molecule has 0 spiro atoms. The molecule has 0 aliphatic carbocycles. The number of rotatable bonds is 5. The van der Waals surface area contributed by atoms with Crippen molar-refractivity contribution >= 4 is 17.0 Å². The number of carboxylic acids is 1. The molecule has 96 valence electrons. The summed E-state index contributed by atoms with van der Waals surface area (Å²) in [4.78, 5) is 11.1. The maximum Gasteiger partial charge on any atom is 0.338 e. The summed E-state index contributed by atoms with van der Waals surface area (Å²) in [5.74, 6) is -0.962. The summed E-state index contributed by atoms with van der Waals surface area (Å²) in [6, 6.07) is 5.46. The standard InChI is InChI=1S/C13H17N3O2/c1-3-6-9(4-2)16-11-8-5-7-10(13(17)18)12(11)14-15-16/h5,7-9H,3-4,6H2,1-2H3,(H,17,18). The number of aromatic nitrogens is 3. The van der Waals surface area contributed by atoms with Crippen LogP contribution in [0.25, 0.3) is 11.0 Å². The summed E-state index contributed by atoms with van der Waals surface area (Å²) in [7, 11) is 0. The molecule has 0 amide bonds. The molecular weight excluding hydrogens is 230 g/mol. The van der Waals surface area contributed by atoms with Gasteiger partial charge in [-0.1, -0.05) is 31.5 Å². The second-order valence-corrected chi connectivity index (χ2v) is 4.36. The van der Waals surface area contributed by atoms with Crippen LogP contribution in [0.4, 0.5) is 0 Å². The lowest BCUT2D eigenvalue weighted by Crippen LogP contribution is -2.09. The Balaban J connectivity index is 2.54. The molecule has 1 unspecified atom stereocenters. The van der Waals surface area contributed by atoms with Crippen LogP contribution >= 0.6 is 0 Å². The molecule has 0 saturated heterocycles. The van der Waals surface area contributed by atoms with E-state index in [4.69, 9.17) is 5.11 Å². The lowest BCUT2D eigenvalue weighted by molar-refractivity contribution is 0.0699. The fraction of sp³-hybridized carbons (Fsp3) is 0.462. The molecule has 5 nitrogen and oxygen atoms in total. The summed E-state index contributed by atoms with van der Waals surface area (Å²) in [6.07, 6.45) is 3.05. The minimum Gasteiger partial charge on any atom is -0.478 e. The fourth-order valence-electron chi connectivity index (χ4n) is 2.24. The van der Waals surface area contributed by atoms with Gasteiger partial charge in [0.2, 0.25) is 0 Å². The molecule has 0 fully saturated rings. The molecule has 0 aliphatic rings. The molecule has 5 heteroatoms. The molecule has 0 saturated carbocycles. The van der Waals surface area contributed by atoms with E-state index >= 15 is 0 Å². The molecule has 18 heavy (non-hydrogen) atoms. The molecule has 0 radical (unpaired) electrons. The summed E-state index contributed by atoms with van der Waals surface area (Å²) < 4.78 is 1.85. The van der Waals surface area contributed by atoms with Crippen molar-refractivity contribution in [2.24, 2.45) is 0 Å². The summed E-state index contributed by atoms with van der Waals surface area (Å²) >= 11 is 0. The van der Waals surface area contributed by atoms with Crippen molar-refractivity contribution in [2.75, 3.05) is 0 Å². The van der Waals surface area contributed by atoms with E-state index in [0.29, 0.717) is 5.52 Å².